The van der Waals surface area contributed by atoms with Gasteiger partial charge in [-0.25, -0.2) is 9.97 Å². The maximum atomic E-state index is 12.0. The maximum Gasteiger partial charge on any atom is 0.220 e. The van der Waals surface area contributed by atoms with Crippen molar-refractivity contribution in [2.75, 3.05) is 18.0 Å². The second kappa shape index (κ2) is 9.16. The molecule has 0 atom stereocenters. The number of nitrogens with zero attached hydrogens (tertiary/aromatic N) is 3. The lowest BCUT2D eigenvalue weighted by atomic mass is 10.1. The van der Waals surface area contributed by atoms with Crippen molar-refractivity contribution in [2.24, 2.45) is 0 Å². The largest absolute Gasteiger partial charge is 0.357 e. The Bertz CT molecular complexity index is 668. The van der Waals surface area contributed by atoms with Gasteiger partial charge in [0.25, 0.3) is 0 Å². The third-order valence-electron chi connectivity index (χ3n) is 4.53. The van der Waals surface area contributed by atoms with Crippen molar-refractivity contribution in [2.45, 2.75) is 45.1 Å². The first-order chi connectivity index (χ1) is 12.3. The van der Waals surface area contributed by atoms with Gasteiger partial charge in [0.1, 0.15) is 11.6 Å². The van der Waals surface area contributed by atoms with E-state index in [2.05, 4.69) is 32.3 Å². The third-order valence-corrected chi connectivity index (χ3v) is 4.53. The standard InChI is InChI=1S/C20H26N4O/c25-20(11-7-10-17-8-3-1-4-9-17)22-16-18-21-13-12-19(23-18)24-14-5-2-6-15-24/h1,3-4,8-9,12-13H,2,5-7,10-11,14-16H2,(H,22,25). The second-order valence-corrected chi connectivity index (χ2v) is 6.49. The Morgan fingerprint density at radius 1 is 1.08 bits per heavy atom. The van der Waals surface area contributed by atoms with Gasteiger partial charge < -0.3 is 10.2 Å². The maximum absolute atomic E-state index is 12.0. The summed E-state index contributed by atoms with van der Waals surface area (Å²) in [5.74, 6) is 1.71. The molecule has 1 aromatic heterocycles. The summed E-state index contributed by atoms with van der Waals surface area (Å²) >= 11 is 0. The molecule has 2 heterocycles. The van der Waals surface area contributed by atoms with E-state index < -0.39 is 0 Å². The zero-order valence-corrected chi connectivity index (χ0v) is 14.7. The van der Waals surface area contributed by atoms with Crippen LogP contribution in [0, 0.1) is 0 Å². The summed E-state index contributed by atoms with van der Waals surface area (Å²) in [5, 5.41) is 2.93. The van der Waals surface area contributed by atoms with Crippen LogP contribution >= 0.6 is 0 Å². The molecular formula is C20H26N4O. The van der Waals surface area contributed by atoms with Crippen LogP contribution in [-0.4, -0.2) is 29.0 Å². The highest BCUT2D eigenvalue weighted by atomic mass is 16.1. The third kappa shape index (κ3) is 5.55. The Labute approximate surface area is 149 Å². The number of carbonyl (C=O) groups is 1. The van der Waals surface area contributed by atoms with E-state index in [4.69, 9.17) is 0 Å². The number of carbonyl (C=O) groups excluding carboxylic acids is 1. The highest BCUT2D eigenvalue weighted by Crippen LogP contribution is 2.16. The molecule has 5 heteroatoms. The van der Waals surface area contributed by atoms with Gasteiger partial charge in [0.05, 0.1) is 6.54 Å². The van der Waals surface area contributed by atoms with Crippen LogP contribution in [0.25, 0.3) is 0 Å². The van der Waals surface area contributed by atoms with Crippen molar-refractivity contribution in [3.05, 3.63) is 54.0 Å². The number of benzene rings is 1. The number of rotatable bonds is 7. The number of hydrogen-bond acceptors (Lipinski definition) is 4. The summed E-state index contributed by atoms with van der Waals surface area (Å²) in [6, 6.07) is 12.2. The lowest BCUT2D eigenvalue weighted by Gasteiger charge is -2.27. The van der Waals surface area contributed by atoms with Crippen molar-refractivity contribution in [1.29, 1.82) is 0 Å². The van der Waals surface area contributed by atoms with Crippen LogP contribution in [-0.2, 0) is 17.8 Å². The Balaban J connectivity index is 1.42. The molecule has 0 radical (unpaired) electrons. The van der Waals surface area contributed by atoms with E-state index in [0.29, 0.717) is 18.8 Å². The van der Waals surface area contributed by atoms with Crippen molar-refractivity contribution >= 4 is 11.7 Å². The normalized spacial score (nSPS) is 14.3. The van der Waals surface area contributed by atoms with Crippen LogP contribution < -0.4 is 10.2 Å². The molecule has 25 heavy (non-hydrogen) atoms. The SMILES string of the molecule is O=C(CCCc1ccccc1)NCc1nccc(N2CCCCC2)n1. The van der Waals surface area contributed by atoms with Crippen molar-refractivity contribution in [1.82, 2.24) is 15.3 Å². The minimum absolute atomic E-state index is 0.0582. The van der Waals surface area contributed by atoms with Gasteiger partial charge in [-0.3, -0.25) is 4.79 Å². The summed E-state index contributed by atoms with van der Waals surface area (Å²) in [4.78, 5) is 23.2. The lowest BCUT2D eigenvalue weighted by molar-refractivity contribution is -0.121. The molecule has 1 aromatic carbocycles. The summed E-state index contributed by atoms with van der Waals surface area (Å²) in [7, 11) is 0. The molecule has 0 spiro atoms. The van der Waals surface area contributed by atoms with Crippen LogP contribution in [0.3, 0.4) is 0 Å². The Morgan fingerprint density at radius 2 is 1.88 bits per heavy atom. The van der Waals surface area contributed by atoms with E-state index in [1.54, 1.807) is 6.20 Å². The quantitative estimate of drug-likeness (QED) is 0.843. The Kier molecular flexibility index (Phi) is 6.37. The number of aromatic nitrogens is 2. The average molecular weight is 338 g/mol. The van der Waals surface area contributed by atoms with E-state index in [1.165, 1.54) is 24.8 Å². The minimum Gasteiger partial charge on any atom is -0.357 e. The van der Waals surface area contributed by atoms with E-state index in [0.717, 1.165) is 31.7 Å². The number of amides is 1. The molecule has 5 nitrogen and oxygen atoms in total. The molecule has 0 saturated carbocycles. The molecule has 1 N–H and O–H groups in total. The first-order valence-corrected chi connectivity index (χ1v) is 9.19. The van der Waals surface area contributed by atoms with Crippen molar-refractivity contribution in [3.8, 4) is 0 Å². The number of nitrogens with one attached hydrogen (secondary N) is 1. The van der Waals surface area contributed by atoms with Crippen molar-refractivity contribution in [3.63, 3.8) is 0 Å². The number of piperidine rings is 1. The fraction of sp³-hybridized carbons (Fsp3) is 0.450. The Morgan fingerprint density at radius 3 is 2.68 bits per heavy atom. The zero-order chi connectivity index (χ0) is 17.3. The predicted molar refractivity (Wildman–Crippen MR) is 99.3 cm³/mol. The van der Waals surface area contributed by atoms with Crippen LogP contribution in [0.5, 0.6) is 0 Å². The lowest BCUT2D eigenvalue weighted by Crippen LogP contribution is -2.31. The van der Waals surface area contributed by atoms with Crippen LogP contribution in [0.2, 0.25) is 0 Å². The molecule has 1 fully saturated rings. The number of aryl methyl sites for hydroxylation is 1. The fourth-order valence-electron chi connectivity index (χ4n) is 3.14. The summed E-state index contributed by atoms with van der Waals surface area (Å²) < 4.78 is 0. The van der Waals surface area contributed by atoms with Crippen LogP contribution in [0.1, 0.15) is 43.5 Å². The monoisotopic (exact) mass is 338 g/mol. The van der Waals surface area contributed by atoms with Gasteiger partial charge in [0, 0.05) is 25.7 Å². The zero-order valence-electron chi connectivity index (χ0n) is 14.7. The molecule has 3 rings (SSSR count). The molecular weight excluding hydrogens is 312 g/mol. The molecule has 1 saturated heterocycles. The predicted octanol–water partition coefficient (Wildman–Crippen LogP) is 3.11. The van der Waals surface area contributed by atoms with Gasteiger partial charge >= 0.3 is 0 Å². The van der Waals surface area contributed by atoms with Gasteiger partial charge in [-0.2, -0.15) is 0 Å². The molecule has 132 valence electrons. The van der Waals surface area contributed by atoms with Gasteiger partial charge in [0.2, 0.25) is 5.91 Å². The second-order valence-electron chi connectivity index (χ2n) is 6.49. The topological polar surface area (TPSA) is 58.1 Å². The molecule has 0 unspecified atom stereocenters. The summed E-state index contributed by atoms with van der Waals surface area (Å²) in [6.45, 7) is 2.51. The summed E-state index contributed by atoms with van der Waals surface area (Å²) in [5.41, 5.74) is 1.27. The van der Waals surface area contributed by atoms with Gasteiger partial charge in [-0.1, -0.05) is 30.3 Å². The molecule has 1 aliphatic rings. The summed E-state index contributed by atoms with van der Waals surface area (Å²) in [6.07, 6.45) is 7.83. The number of hydrogen-bond donors (Lipinski definition) is 1. The van der Waals surface area contributed by atoms with Gasteiger partial charge in [-0.05, 0) is 43.7 Å². The minimum atomic E-state index is 0.0582. The highest BCUT2D eigenvalue weighted by molar-refractivity contribution is 5.75. The fourth-order valence-corrected chi connectivity index (χ4v) is 3.14. The van der Waals surface area contributed by atoms with E-state index in [9.17, 15) is 4.79 Å². The molecule has 1 amide bonds. The van der Waals surface area contributed by atoms with Crippen LogP contribution in [0.4, 0.5) is 5.82 Å². The molecule has 1 aliphatic heterocycles. The number of anilines is 1. The van der Waals surface area contributed by atoms with Gasteiger partial charge in [-0.15, -0.1) is 0 Å². The van der Waals surface area contributed by atoms with E-state index in [-0.39, 0.29) is 5.91 Å². The van der Waals surface area contributed by atoms with Crippen LogP contribution in [0.15, 0.2) is 42.6 Å². The highest BCUT2D eigenvalue weighted by Gasteiger charge is 2.13. The van der Waals surface area contributed by atoms with E-state index >= 15 is 0 Å². The first kappa shape index (κ1) is 17.4. The van der Waals surface area contributed by atoms with Crippen molar-refractivity contribution < 1.29 is 4.79 Å². The average Bonchev–Trinajstić information content (AvgIpc) is 2.68. The molecule has 2 aromatic rings. The smallest absolute Gasteiger partial charge is 0.220 e. The molecule has 0 aliphatic carbocycles. The van der Waals surface area contributed by atoms with E-state index in [1.807, 2.05) is 24.3 Å². The molecule has 0 bridgehead atoms. The van der Waals surface area contributed by atoms with Gasteiger partial charge in [0.15, 0.2) is 0 Å². The Hall–Kier alpha value is -2.43. The first-order valence-electron chi connectivity index (χ1n) is 9.19.